The number of methoxy groups -OCH3 is 3. The number of H-pyrrole nitrogens is 1. The second kappa shape index (κ2) is 8.47. The molecule has 3 rings (SSSR count). The average Bonchev–Trinajstić information content (AvgIpc) is 2.72. The first-order chi connectivity index (χ1) is 13.6. The van der Waals surface area contributed by atoms with E-state index in [1.165, 1.54) is 7.11 Å². The van der Waals surface area contributed by atoms with Gasteiger partial charge in [-0.3, -0.25) is 9.59 Å². The van der Waals surface area contributed by atoms with Crippen LogP contribution in [-0.2, 0) is 6.42 Å². The molecule has 0 saturated heterocycles. The maximum Gasteiger partial charge on any atom is 0.255 e. The van der Waals surface area contributed by atoms with Crippen molar-refractivity contribution in [1.82, 2.24) is 10.3 Å². The Morgan fingerprint density at radius 2 is 1.64 bits per heavy atom. The van der Waals surface area contributed by atoms with E-state index >= 15 is 0 Å². The van der Waals surface area contributed by atoms with Gasteiger partial charge in [-0.05, 0) is 30.7 Å². The van der Waals surface area contributed by atoms with E-state index in [1.54, 1.807) is 56.7 Å². The van der Waals surface area contributed by atoms with Crippen LogP contribution in [0.1, 0.15) is 15.9 Å². The Kier molecular flexibility index (Phi) is 5.84. The molecule has 0 bridgehead atoms. The van der Waals surface area contributed by atoms with Crippen molar-refractivity contribution in [3.63, 3.8) is 0 Å². The Labute approximate surface area is 162 Å². The molecule has 0 unspecified atom stereocenters. The summed E-state index contributed by atoms with van der Waals surface area (Å²) < 4.78 is 15.8. The summed E-state index contributed by atoms with van der Waals surface area (Å²) in [5, 5.41) is 3.64. The van der Waals surface area contributed by atoms with Crippen molar-refractivity contribution in [2.75, 3.05) is 27.9 Å². The standard InChI is InChI=1S/C21H22N2O5/c1-26-17-7-5-4-6-15(17)21(25)22-9-8-13-10-14-11-18(27-2)19(28-3)12-16(14)23-20(13)24/h4-7,10-12H,8-9H2,1-3H3,(H,22,25)(H,23,24). The van der Waals surface area contributed by atoms with Crippen molar-refractivity contribution in [1.29, 1.82) is 0 Å². The Hall–Kier alpha value is -3.48. The van der Waals surface area contributed by atoms with Crippen molar-refractivity contribution < 1.29 is 19.0 Å². The summed E-state index contributed by atoms with van der Waals surface area (Å²) in [6.07, 6.45) is 0.389. The maximum absolute atomic E-state index is 12.4. The molecule has 0 spiro atoms. The summed E-state index contributed by atoms with van der Waals surface area (Å²) in [4.78, 5) is 27.6. The second-order valence-corrected chi connectivity index (χ2v) is 6.12. The van der Waals surface area contributed by atoms with E-state index in [-0.39, 0.29) is 11.5 Å². The van der Waals surface area contributed by atoms with E-state index in [0.29, 0.717) is 46.9 Å². The van der Waals surface area contributed by atoms with Crippen molar-refractivity contribution in [2.45, 2.75) is 6.42 Å². The van der Waals surface area contributed by atoms with Crippen molar-refractivity contribution in [2.24, 2.45) is 0 Å². The number of para-hydroxylation sites is 1. The highest BCUT2D eigenvalue weighted by atomic mass is 16.5. The number of hydrogen-bond acceptors (Lipinski definition) is 5. The molecule has 2 N–H and O–H groups in total. The van der Waals surface area contributed by atoms with E-state index in [0.717, 1.165) is 5.39 Å². The van der Waals surface area contributed by atoms with E-state index in [1.807, 2.05) is 0 Å². The lowest BCUT2D eigenvalue weighted by molar-refractivity contribution is 0.0951. The Balaban J connectivity index is 1.76. The van der Waals surface area contributed by atoms with Crippen LogP contribution in [-0.4, -0.2) is 38.8 Å². The lowest BCUT2D eigenvalue weighted by Gasteiger charge is -2.11. The number of benzene rings is 2. The lowest BCUT2D eigenvalue weighted by atomic mass is 10.1. The largest absolute Gasteiger partial charge is 0.496 e. The minimum absolute atomic E-state index is 0.203. The van der Waals surface area contributed by atoms with Crippen LogP contribution in [0.3, 0.4) is 0 Å². The molecule has 28 heavy (non-hydrogen) atoms. The Bertz CT molecular complexity index is 1060. The number of hydrogen-bond donors (Lipinski definition) is 2. The van der Waals surface area contributed by atoms with Gasteiger partial charge in [-0.25, -0.2) is 0 Å². The molecule has 1 heterocycles. The van der Waals surface area contributed by atoms with Crippen LogP contribution in [0.25, 0.3) is 10.9 Å². The number of ether oxygens (including phenoxy) is 3. The molecule has 1 amide bonds. The maximum atomic E-state index is 12.4. The molecule has 0 aliphatic rings. The van der Waals surface area contributed by atoms with E-state index < -0.39 is 0 Å². The number of rotatable bonds is 7. The highest BCUT2D eigenvalue weighted by Crippen LogP contribution is 2.31. The lowest BCUT2D eigenvalue weighted by Crippen LogP contribution is -2.27. The van der Waals surface area contributed by atoms with Crippen molar-refractivity contribution in [3.8, 4) is 17.2 Å². The molecule has 0 saturated carbocycles. The van der Waals surface area contributed by atoms with Gasteiger partial charge in [0.25, 0.3) is 11.5 Å². The molecular formula is C21H22N2O5. The molecule has 0 aliphatic heterocycles. The van der Waals surface area contributed by atoms with Gasteiger partial charge in [0.05, 0.1) is 32.4 Å². The molecule has 146 valence electrons. The summed E-state index contributed by atoms with van der Waals surface area (Å²) in [6.45, 7) is 0.318. The minimum Gasteiger partial charge on any atom is -0.496 e. The third kappa shape index (κ3) is 3.93. The van der Waals surface area contributed by atoms with Gasteiger partial charge in [0.1, 0.15) is 5.75 Å². The molecule has 1 aromatic heterocycles. The number of nitrogens with one attached hydrogen (secondary N) is 2. The number of aromatic amines is 1. The molecule has 0 fully saturated rings. The number of fused-ring (bicyclic) bond motifs is 1. The van der Waals surface area contributed by atoms with Gasteiger partial charge in [-0.1, -0.05) is 12.1 Å². The number of pyridine rings is 1. The molecule has 7 nitrogen and oxygen atoms in total. The Morgan fingerprint density at radius 1 is 0.964 bits per heavy atom. The van der Waals surface area contributed by atoms with Gasteiger partial charge < -0.3 is 24.5 Å². The first-order valence-corrected chi connectivity index (χ1v) is 8.76. The molecule has 0 atom stereocenters. The van der Waals surface area contributed by atoms with E-state index in [2.05, 4.69) is 10.3 Å². The second-order valence-electron chi connectivity index (χ2n) is 6.12. The number of aromatic nitrogens is 1. The zero-order valence-corrected chi connectivity index (χ0v) is 16.0. The van der Waals surface area contributed by atoms with E-state index in [9.17, 15) is 9.59 Å². The topological polar surface area (TPSA) is 89.6 Å². The quantitative estimate of drug-likeness (QED) is 0.655. The summed E-state index contributed by atoms with van der Waals surface area (Å²) in [7, 11) is 4.62. The first kappa shape index (κ1) is 19.3. The zero-order valence-electron chi connectivity index (χ0n) is 16.0. The van der Waals surface area contributed by atoms with Crippen molar-refractivity contribution >= 4 is 16.8 Å². The van der Waals surface area contributed by atoms with Gasteiger partial charge in [0, 0.05) is 23.6 Å². The fourth-order valence-corrected chi connectivity index (χ4v) is 3.00. The molecule has 7 heteroatoms. The summed E-state index contributed by atoms with van der Waals surface area (Å²) >= 11 is 0. The smallest absolute Gasteiger partial charge is 0.255 e. The molecule has 3 aromatic rings. The van der Waals surface area contributed by atoms with Gasteiger partial charge in [-0.15, -0.1) is 0 Å². The third-order valence-corrected chi connectivity index (χ3v) is 4.46. The van der Waals surface area contributed by atoms with Crippen LogP contribution in [0, 0.1) is 0 Å². The monoisotopic (exact) mass is 382 g/mol. The average molecular weight is 382 g/mol. The molecule has 0 radical (unpaired) electrons. The van der Waals surface area contributed by atoms with E-state index in [4.69, 9.17) is 14.2 Å². The van der Waals surface area contributed by atoms with Crippen LogP contribution < -0.4 is 25.1 Å². The SMILES string of the molecule is COc1cc2cc(CCNC(=O)c3ccccc3OC)c(=O)[nH]c2cc1OC. The highest BCUT2D eigenvalue weighted by Gasteiger charge is 2.12. The summed E-state index contributed by atoms with van der Waals surface area (Å²) in [5.41, 5.74) is 1.48. The molecular weight excluding hydrogens is 360 g/mol. The normalized spacial score (nSPS) is 10.5. The minimum atomic E-state index is -0.249. The van der Waals surface area contributed by atoms with Gasteiger partial charge >= 0.3 is 0 Å². The van der Waals surface area contributed by atoms with Gasteiger partial charge in [0.2, 0.25) is 0 Å². The predicted molar refractivity (Wildman–Crippen MR) is 107 cm³/mol. The molecule has 0 aliphatic carbocycles. The van der Waals surface area contributed by atoms with Crippen LogP contribution in [0.5, 0.6) is 17.2 Å². The first-order valence-electron chi connectivity index (χ1n) is 8.76. The third-order valence-electron chi connectivity index (χ3n) is 4.46. The van der Waals surface area contributed by atoms with Crippen LogP contribution in [0.4, 0.5) is 0 Å². The molecule has 2 aromatic carbocycles. The highest BCUT2D eigenvalue weighted by molar-refractivity contribution is 5.96. The van der Waals surface area contributed by atoms with Crippen LogP contribution in [0.15, 0.2) is 47.3 Å². The number of carbonyl (C=O) groups is 1. The van der Waals surface area contributed by atoms with Gasteiger partial charge in [0.15, 0.2) is 11.5 Å². The van der Waals surface area contributed by atoms with Gasteiger partial charge in [-0.2, -0.15) is 0 Å². The summed E-state index contributed by atoms with van der Waals surface area (Å²) in [5.74, 6) is 1.38. The van der Waals surface area contributed by atoms with Crippen molar-refractivity contribution in [3.05, 3.63) is 63.9 Å². The number of carbonyl (C=O) groups excluding carboxylic acids is 1. The number of amides is 1. The fourth-order valence-electron chi connectivity index (χ4n) is 3.00. The Morgan fingerprint density at radius 3 is 2.36 bits per heavy atom. The predicted octanol–water partition coefficient (Wildman–Crippen LogP) is 2.53. The van der Waals surface area contributed by atoms with Crippen LogP contribution in [0.2, 0.25) is 0 Å². The zero-order chi connectivity index (χ0) is 20.1. The van der Waals surface area contributed by atoms with Crippen LogP contribution >= 0.6 is 0 Å². The summed E-state index contributed by atoms with van der Waals surface area (Å²) in [6, 6.07) is 12.3. The fraction of sp³-hybridized carbons (Fsp3) is 0.238.